The molecule has 2 aromatic rings. The van der Waals surface area contributed by atoms with Gasteiger partial charge in [-0.15, -0.1) is 5.75 Å². The van der Waals surface area contributed by atoms with Crippen LogP contribution in [0, 0.1) is 0 Å². The minimum absolute atomic E-state index is 0. The molecule has 30 heavy (non-hydrogen) atoms. The molecule has 0 bridgehead atoms. The minimum Gasteiger partial charge on any atom is -0.872 e. The average Bonchev–Trinajstić information content (AvgIpc) is 2.67. The third kappa shape index (κ3) is 10.3. The van der Waals surface area contributed by atoms with E-state index in [1.807, 2.05) is 12.1 Å². The zero-order chi connectivity index (χ0) is 21.1. The Morgan fingerprint density at radius 1 is 0.867 bits per heavy atom. The number of hydrogen-bond acceptors (Lipinski definition) is 4. The Morgan fingerprint density at radius 2 is 1.43 bits per heavy atom. The van der Waals surface area contributed by atoms with E-state index in [0.717, 1.165) is 31.0 Å². The molecule has 0 aliphatic rings. The predicted octanol–water partition coefficient (Wildman–Crippen LogP) is 2.88. The van der Waals surface area contributed by atoms with Gasteiger partial charge in [0.1, 0.15) is 16.4 Å². The van der Waals surface area contributed by atoms with Crippen LogP contribution < -0.4 is 61.2 Å². The van der Waals surface area contributed by atoms with Gasteiger partial charge in [-0.2, -0.15) is 8.42 Å². The van der Waals surface area contributed by atoms with Crippen molar-refractivity contribution in [1.29, 1.82) is 0 Å². The SMILES string of the molecule is CCCCCCCCCCCc1ccc(Oc2cc([O-])ccc2S(=O)(=O)O)cc1.[K+]. The van der Waals surface area contributed by atoms with Crippen molar-refractivity contribution in [3.05, 3.63) is 48.0 Å². The molecule has 0 spiro atoms. The van der Waals surface area contributed by atoms with Crippen molar-refractivity contribution < 1.29 is 74.2 Å². The summed E-state index contributed by atoms with van der Waals surface area (Å²) in [6.45, 7) is 2.24. The second kappa shape index (κ2) is 14.6. The summed E-state index contributed by atoms with van der Waals surface area (Å²) in [5.74, 6) is -0.155. The molecule has 5 nitrogen and oxygen atoms in total. The maximum atomic E-state index is 11.5. The molecule has 0 unspecified atom stereocenters. The number of ether oxygens (including phenoxy) is 1. The molecule has 0 aliphatic heterocycles. The molecule has 160 valence electrons. The molecule has 0 fully saturated rings. The van der Waals surface area contributed by atoms with Crippen molar-refractivity contribution in [2.75, 3.05) is 0 Å². The number of hydrogen-bond donors (Lipinski definition) is 1. The first-order valence-electron chi connectivity index (χ1n) is 10.5. The first kappa shape index (κ1) is 27.6. The number of benzene rings is 2. The summed E-state index contributed by atoms with van der Waals surface area (Å²) < 4.78 is 37.7. The maximum Gasteiger partial charge on any atom is 1.00 e. The maximum absolute atomic E-state index is 11.5. The summed E-state index contributed by atoms with van der Waals surface area (Å²) in [5, 5.41) is 11.5. The largest absolute Gasteiger partial charge is 1.00 e. The molecule has 7 heteroatoms. The fraction of sp³-hybridized carbons (Fsp3) is 0.478. The summed E-state index contributed by atoms with van der Waals surface area (Å²) in [7, 11) is -4.47. The van der Waals surface area contributed by atoms with Gasteiger partial charge in [-0.3, -0.25) is 4.55 Å². The first-order chi connectivity index (χ1) is 13.9. The first-order valence-corrected chi connectivity index (χ1v) is 11.9. The molecule has 0 amide bonds. The van der Waals surface area contributed by atoms with Gasteiger partial charge in [-0.05, 0) is 42.7 Å². The fourth-order valence-electron chi connectivity index (χ4n) is 3.27. The van der Waals surface area contributed by atoms with E-state index in [2.05, 4.69) is 6.92 Å². The van der Waals surface area contributed by atoms with E-state index < -0.39 is 20.8 Å². The Balaban J connectivity index is 0.00000450. The van der Waals surface area contributed by atoms with Crippen LogP contribution in [0.4, 0.5) is 0 Å². The molecular formula is C23H31KO5S. The second-order valence-corrected chi connectivity index (χ2v) is 8.80. The van der Waals surface area contributed by atoms with Crippen LogP contribution in [-0.4, -0.2) is 13.0 Å². The third-order valence-corrected chi connectivity index (χ3v) is 5.81. The van der Waals surface area contributed by atoms with Gasteiger partial charge in [0.15, 0.2) is 0 Å². The molecular weight excluding hydrogens is 427 g/mol. The molecule has 0 aromatic heterocycles. The molecule has 2 rings (SSSR count). The van der Waals surface area contributed by atoms with Crippen molar-refractivity contribution in [3.8, 4) is 17.2 Å². The summed E-state index contributed by atoms with van der Waals surface area (Å²) in [6, 6.07) is 10.5. The Kier molecular flexibility index (Phi) is 13.5. The smallest absolute Gasteiger partial charge is 0.872 e. The van der Waals surface area contributed by atoms with Crippen LogP contribution in [0.2, 0.25) is 0 Å². The summed E-state index contributed by atoms with van der Waals surface area (Å²) in [6.07, 6.45) is 12.6. The number of unbranched alkanes of at least 4 members (excludes halogenated alkanes) is 8. The topological polar surface area (TPSA) is 86.7 Å². The van der Waals surface area contributed by atoms with Crippen LogP contribution in [-0.2, 0) is 16.5 Å². The van der Waals surface area contributed by atoms with E-state index in [9.17, 15) is 18.1 Å². The molecule has 0 atom stereocenters. The van der Waals surface area contributed by atoms with Gasteiger partial charge in [-0.1, -0.05) is 76.5 Å². The van der Waals surface area contributed by atoms with Crippen molar-refractivity contribution in [1.82, 2.24) is 0 Å². The monoisotopic (exact) mass is 458 g/mol. The van der Waals surface area contributed by atoms with Crippen molar-refractivity contribution >= 4 is 10.1 Å². The summed E-state index contributed by atoms with van der Waals surface area (Å²) in [4.78, 5) is -0.420. The van der Waals surface area contributed by atoms with E-state index in [0.29, 0.717) is 5.75 Å². The van der Waals surface area contributed by atoms with Crippen molar-refractivity contribution in [2.45, 2.75) is 76.0 Å². The summed E-state index contributed by atoms with van der Waals surface area (Å²) >= 11 is 0. The van der Waals surface area contributed by atoms with Gasteiger partial charge < -0.3 is 9.84 Å². The average molecular weight is 459 g/mol. The Bertz CT molecular complexity index is 850. The van der Waals surface area contributed by atoms with Crippen LogP contribution in [0.25, 0.3) is 0 Å². The molecule has 0 aliphatic carbocycles. The van der Waals surface area contributed by atoms with Crippen LogP contribution >= 0.6 is 0 Å². The van der Waals surface area contributed by atoms with E-state index in [1.54, 1.807) is 12.1 Å². The van der Waals surface area contributed by atoms with E-state index >= 15 is 0 Å². The van der Waals surface area contributed by atoms with Gasteiger partial charge in [0.05, 0.1) is 0 Å². The van der Waals surface area contributed by atoms with Crippen LogP contribution in [0.1, 0.15) is 70.3 Å². The van der Waals surface area contributed by atoms with Gasteiger partial charge in [-0.25, -0.2) is 0 Å². The number of aryl methyl sites for hydroxylation is 1. The van der Waals surface area contributed by atoms with Crippen LogP contribution in [0.3, 0.4) is 0 Å². The fourth-order valence-corrected chi connectivity index (χ4v) is 3.87. The molecule has 1 N–H and O–H groups in total. The van der Waals surface area contributed by atoms with Crippen molar-refractivity contribution in [3.63, 3.8) is 0 Å². The molecule has 2 aromatic carbocycles. The molecule has 0 heterocycles. The normalized spacial score (nSPS) is 11.1. The predicted molar refractivity (Wildman–Crippen MR) is 113 cm³/mol. The third-order valence-electron chi connectivity index (χ3n) is 4.91. The molecule has 0 radical (unpaired) electrons. The molecule has 0 saturated carbocycles. The Morgan fingerprint density at radius 3 is 2.00 bits per heavy atom. The van der Waals surface area contributed by atoms with E-state index in [1.165, 1.54) is 56.9 Å². The number of rotatable bonds is 13. The van der Waals surface area contributed by atoms with Gasteiger partial charge in [0, 0.05) is 0 Å². The Hall–Kier alpha value is -0.414. The van der Waals surface area contributed by atoms with Crippen LogP contribution in [0.5, 0.6) is 17.2 Å². The zero-order valence-electron chi connectivity index (χ0n) is 18.1. The van der Waals surface area contributed by atoms with Crippen LogP contribution in [0.15, 0.2) is 47.4 Å². The van der Waals surface area contributed by atoms with Crippen molar-refractivity contribution in [2.24, 2.45) is 0 Å². The molecule has 0 saturated heterocycles. The zero-order valence-corrected chi connectivity index (χ0v) is 22.0. The standard InChI is InChI=1S/C23H32O5S.K/c1-2-3-4-5-6-7-8-9-10-11-19-12-15-21(16-13-19)28-22-18-20(24)14-17-23(22)29(25,26)27;/h12-18,24H,2-11H2,1H3,(H,25,26,27);/q;+1/p-1. The minimum atomic E-state index is -4.47. The Labute approximate surface area is 223 Å². The van der Waals surface area contributed by atoms with Gasteiger partial charge in [0.25, 0.3) is 10.1 Å². The van der Waals surface area contributed by atoms with E-state index in [-0.39, 0.29) is 57.1 Å². The van der Waals surface area contributed by atoms with Gasteiger partial charge >= 0.3 is 51.4 Å². The second-order valence-electron chi connectivity index (χ2n) is 7.41. The quantitative estimate of drug-likeness (QED) is 0.283. The summed E-state index contributed by atoms with van der Waals surface area (Å²) in [5.41, 5.74) is 1.19. The van der Waals surface area contributed by atoms with Gasteiger partial charge in [0.2, 0.25) is 0 Å². The van der Waals surface area contributed by atoms with E-state index in [4.69, 9.17) is 4.74 Å².